The Morgan fingerprint density at radius 2 is 1.53 bits per heavy atom. The van der Waals surface area contributed by atoms with Gasteiger partial charge in [0.1, 0.15) is 11.9 Å². The molecule has 0 saturated heterocycles. The summed E-state index contributed by atoms with van der Waals surface area (Å²) in [5.74, 6) is -1.86. The average Bonchev–Trinajstić information content (AvgIpc) is 3.42. The minimum Gasteiger partial charge on any atom is -0.300 e. The van der Waals surface area contributed by atoms with Crippen LogP contribution in [0.1, 0.15) is 26.3 Å². The lowest BCUT2D eigenvalue weighted by molar-refractivity contribution is -0.119. The van der Waals surface area contributed by atoms with Gasteiger partial charge < -0.3 is 5.32 Å². The van der Waals surface area contributed by atoms with Crippen LogP contribution in [-0.4, -0.2) is 33.6 Å². The summed E-state index contributed by atoms with van der Waals surface area (Å²) in [6, 6.07) is 20.6. The largest absolute Gasteiger partial charge is 0.300 e. The lowest BCUT2D eigenvalue weighted by atomic mass is 10.0. The molecule has 6 nitrogen and oxygen atoms in total. The van der Waals surface area contributed by atoms with Gasteiger partial charge in [0.05, 0.1) is 16.8 Å². The van der Waals surface area contributed by atoms with Gasteiger partial charge in [-0.25, -0.2) is 9.37 Å². The summed E-state index contributed by atoms with van der Waals surface area (Å²) in [4.78, 5) is 45.0. The molecule has 0 bridgehead atoms. The van der Waals surface area contributed by atoms with E-state index in [0.29, 0.717) is 16.4 Å². The summed E-state index contributed by atoms with van der Waals surface area (Å²) >= 11 is 1.21. The fourth-order valence-electron chi connectivity index (χ4n) is 3.90. The first-order chi connectivity index (χ1) is 16.5. The molecule has 34 heavy (non-hydrogen) atoms. The second-order valence-corrected chi connectivity index (χ2v) is 8.62. The van der Waals surface area contributed by atoms with Crippen LogP contribution in [0.3, 0.4) is 0 Å². The number of anilines is 1. The molecule has 0 radical (unpaired) electrons. The standard InChI is InChI=1S/C26H18FN3O3S/c27-18-12-10-17(11-13-18)21-15-34-26(28-21)29-23(31)22(14-16-6-2-1-3-7-16)30-24(32)19-8-4-5-9-20(19)25(30)33/h1-13,15,22H,14H2,(H,28,29,31). The van der Waals surface area contributed by atoms with Gasteiger partial charge in [-0.15, -0.1) is 11.3 Å². The molecule has 1 N–H and O–H groups in total. The Balaban J connectivity index is 1.43. The molecule has 2 heterocycles. The summed E-state index contributed by atoms with van der Waals surface area (Å²) in [5.41, 5.74) is 2.67. The predicted octanol–water partition coefficient (Wildman–Crippen LogP) is 4.80. The van der Waals surface area contributed by atoms with E-state index in [0.717, 1.165) is 10.5 Å². The zero-order valence-corrected chi connectivity index (χ0v) is 18.6. The Hall–Kier alpha value is -4.17. The number of thiazole rings is 1. The molecule has 8 heteroatoms. The number of nitrogens with zero attached hydrogens (tertiary/aromatic N) is 2. The van der Waals surface area contributed by atoms with E-state index in [9.17, 15) is 18.8 Å². The van der Waals surface area contributed by atoms with Gasteiger partial charge in [-0.3, -0.25) is 19.3 Å². The molecule has 0 fully saturated rings. The van der Waals surface area contributed by atoms with Crippen LogP contribution in [0.5, 0.6) is 0 Å². The lowest BCUT2D eigenvalue weighted by Crippen LogP contribution is -2.48. The maximum Gasteiger partial charge on any atom is 0.262 e. The van der Waals surface area contributed by atoms with Gasteiger partial charge in [-0.05, 0) is 42.0 Å². The Bertz CT molecular complexity index is 1350. The highest BCUT2D eigenvalue weighted by Crippen LogP contribution is 2.28. The minimum absolute atomic E-state index is 0.161. The highest BCUT2D eigenvalue weighted by molar-refractivity contribution is 7.14. The number of fused-ring (bicyclic) bond motifs is 1. The molecule has 0 spiro atoms. The summed E-state index contributed by atoms with van der Waals surface area (Å²) in [6.07, 6.45) is 0.161. The molecule has 0 aliphatic carbocycles. The quantitative estimate of drug-likeness (QED) is 0.410. The Morgan fingerprint density at radius 3 is 2.18 bits per heavy atom. The van der Waals surface area contributed by atoms with Crippen molar-refractivity contribution in [3.63, 3.8) is 0 Å². The van der Waals surface area contributed by atoms with Crippen LogP contribution in [0.15, 0.2) is 84.2 Å². The summed E-state index contributed by atoms with van der Waals surface area (Å²) < 4.78 is 13.2. The number of amides is 3. The molecular formula is C26H18FN3O3S. The molecule has 0 saturated carbocycles. The van der Waals surface area contributed by atoms with Crippen molar-refractivity contribution in [2.24, 2.45) is 0 Å². The molecular weight excluding hydrogens is 453 g/mol. The third-order valence-electron chi connectivity index (χ3n) is 5.59. The van der Waals surface area contributed by atoms with E-state index in [2.05, 4.69) is 10.3 Å². The van der Waals surface area contributed by atoms with E-state index >= 15 is 0 Å². The first kappa shape index (κ1) is 21.7. The number of rotatable bonds is 6. The second-order valence-electron chi connectivity index (χ2n) is 7.77. The van der Waals surface area contributed by atoms with Crippen molar-refractivity contribution >= 4 is 34.2 Å². The Morgan fingerprint density at radius 1 is 0.912 bits per heavy atom. The van der Waals surface area contributed by atoms with Crippen LogP contribution in [0, 0.1) is 5.82 Å². The number of imide groups is 1. The van der Waals surface area contributed by atoms with Gasteiger partial charge in [-0.1, -0.05) is 42.5 Å². The van der Waals surface area contributed by atoms with Crippen molar-refractivity contribution in [2.45, 2.75) is 12.5 Å². The van der Waals surface area contributed by atoms with Crippen molar-refractivity contribution in [1.29, 1.82) is 0 Å². The number of nitrogens with one attached hydrogen (secondary N) is 1. The lowest BCUT2D eigenvalue weighted by Gasteiger charge is -2.25. The van der Waals surface area contributed by atoms with E-state index in [1.807, 2.05) is 30.3 Å². The maximum atomic E-state index is 13.4. The first-order valence-electron chi connectivity index (χ1n) is 10.5. The van der Waals surface area contributed by atoms with Crippen LogP contribution in [0.2, 0.25) is 0 Å². The molecule has 1 unspecified atom stereocenters. The molecule has 5 rings (SSSR count). The molecule has 3 amide bonds. The van der Waals surface area contributed by atoms with E-state index in [-0.39, 0.29) is 23.4 Å². The SMILES string of the molecule is O=C(Nc1nc(-c2ccc(F)cc2)cs1)C(Cc1ccccc1)N1C(=O)c2ccccc2C1=O. The monoisotopic (exact) mass is 471 g/mol. The fraction of sp³-hybridized carbons (Fsp3) is 0.0769. The van der Waals surface area contributed by atoms with Gasteiger partial charge in [0.15, 0.2) is 5.13 Å². The molecule has 3 aromatic carbocycles. The molecule has 168 valence electrons. The third-order valence-corrected chi connectivity index (χ3v) is 6.34. The zero-order valence-electron chi connectivity index (χ0n) is 17.8. The number of hydrogen-bond acceptors (Lipinski definition) is 5. The van der Waals surface area contributed by atoms with Gasteiger partial charge in [0, 0.05) is 17.4 Å². The van der Waals surface area contributed by atoms with Crippen LogP contribution >= 0.6 is 11.3 Å². The summed E-state index contributed by atoms with van der Waals surface area (Å²) in [6.45, 7) is 0. The van der Waals surface area contributed by atoms with E-state index in [1.54, 1.807) is 41.8 Å². The number of benzene rings is 3. The van der Waals surface area contributed by atoms with Gasteiger partial charge in [-0.2, -0.15) is 0 Å². The van der Waals surface area contributed by atoms with Crippen molar-refractivity contribution in [3.8, 4) is 11.3 Å². The number of hydrogen-bond donors (Lipinski definition) is 1. The van der Waals surface area contributed by atoms with Crippen molar-refractivity contribution in [1.82, 2.24) is 9.88 Å². The topological polar surface area (TPSA) is 79.4 Å². The summed E-state index contributed by atoms with van der Waals surface area (Å²) in [7, 11) is 0. The maximum absolute atomic E-state index is 13.4. The average molecular weight is 472 g/mol. The van der Waals surface area contributed by atoms with Gasteiger partial charge in [0.2, 0.25) is 5.91 Å². The smallest absolute Gasteiger partial charge is 0.262 e. The van der Waals surface area contributed by atoms with Gasteiger partial charge in [0.25, 0.3) is 11.8 Å². The van der Waals surface area contributed by atoms with Crippen molar-refractivity contribution in [3.05, 3.63) is 107 Å². The van der Waals surface area contributed by atoms with Crippen LogP contribution < -0.4 is 5.32 Å². The third kappa shape index (κ3) is 4.11. The zero-order chi connectivity index (χ0) is 23.7. The minimum atomic E-state index is -1.06. The first-order valence-corrected chi connectivity index (χ1v) is 11.4. The van der Waals surface area contributed by atoms with Crippen LogP contribution in [0.4, 0.5) is 9.52 Å². The fourth-order valence-corrected chi connectivity index (χ4v) is 4.63. The second kappa shape index (κ2) is 8.99. The molecule has 1 aliphatic heterocycles. The predicted molar refractivity (Wildman–Crippen MR) is 127 cm³/mol. The van der Waals surface area contributed by atoms with Crippen LogP contribution in [-0.2, 0) is 11.2 Å². The highest BCUT2D eigenvalue weighted by atomic mass is 32.1. The number of aromatic nitrogens is 1. The molecule has 1 aliphatic rings. The van der Waals surface area contributed by atoms with Crippen molar-refractivity contribution in [2.75, 3.05) is 5.32 Å². The van der Waals surface area contributed by atoms with Crippen LogP contribution in [0.25, 0.3) is 11.3 Å². The number of carbonyl (C=O) groups excluding carboxylic acids is 3. The van der Waals surface area contributed by atoms with E-state index < -0.39 is 23.8 Å². The molecule has 1 aromatic heterocycles. The number of carbonyl (C=O) groups is 3. The number of halogens is 1. The van der Waals surface area contributed by atoms with E-state index in [1.165, 1.54) is 23.5 Å². The normalized spacial score (nSPS) is 13.6. The molecule has 4 aromatic rings. The Kier molecular flexibility index (Phi) is 5.73. The highest BCUT2D eigenvalue weighted by Gasteiger charge is 2.42. The Labute approximate surface area is 198 Å². The van der Waals surface area contributed by atoms with Crippen molar-refractivity contribution < 1.29 is 18.8 Å². The molecule has 1 atom stereocenters. The van der Waals surface area contributed by atoms with E-state index in [4.69, 9.17) is 0 Å². The van der Waals surface area contributed by atoms with Gasteiger partial charge >= 0.3 is 0 Å². The summed E-state index contributed by atoms with van der Waals surface area (Å²) in [5, 5.41) is 4.82.